The molecule has 0 bridgehead atoms. The van der Waals surface area contributed by atoms with Gasteiger partial charge in [-0.3, -0.25) is 13.9 Å². The highest BCUT2D eigenvalue weighted by Gasteiger charge is 2.08. The van der Waals surface area contributed by atoms with Gasteiger partial charge in [0.05, 0.1) is 6.54 Å². The molecule has 0 saturated carbocycles. The van der Waals surface area contributed by atoms with Gasteiger partial charge in [-0.25, -0.2) is 4.79 Å². The zero-order valence-electron chi connectivity index (χ0n) is 12.5. The van der Waals surface area contributed by atoms with Crippen molar-refractivity contribution in [1.29, 1.82) is 0 Å². The Balaban J connectivity index is 2.34. The summed E-state index contributed by atoms with van der Waals surface area (Å²) in [6.45, 7) is 4.46. The highest BCUT2D eigenvalue weighted by molar-refractivity contribution is 9.10. The number of hydrogen-bond acceptors (Lipinski definition) is 3. The fourth-order valence-electron chi connectivity index (χ4n) is 2.32. The van der Waals surface area contributed by atoms with Gasteiger partial charge in [0.1, 0.15) is 0 Å². The van der Waals surface area contributed by atoms with E-state index in [1.807, 2.05) is 26.0 Å². The van der Waals surface area contributed by atoms with E-state index in [-0.39, 0.29) is 11.2 Å². The second-order valence-corrected chi connectivity index (χ2v) is 6.06. The van der Waals surface area contributed by atoms with Crippen LogP contribution in [0.4, 0.5) is 5.69 Å². The van der Waals surface area contributed by atoms with Gasteiger partial charge in [-0.2, -0.15) is 0 Å². The van der Waals surface area contributed by atoms with E-state index in [2.05, 4.69) is 21.2 Å². The molecule has 6 heteroatoms. The first-order valence-corrected chi connectivity index (χ1v) is 7.37. The van der Waals surface area contributed by atoms with Crippen molar-refractivity contribution >= 4 is 21.6 Å². The summed E-state index contributed by atoms with van der Waals surface area (Å²) in [6, 6.07) is 5.54. The van der Waals surface area contributed by atoms with E-state index in [0.717, 1.165) is 25.9 Å². The maximum atomic E-state index is 11.9. The Labute approximate surface area is 131 Å². The molecule has 0 spiro atoms. The van der Waals surface area contributed by atoms with Gasteiger partial charge in [0.15, 0.2) is 0 Å². The third-order valence-corrected chi connectivity index (χ3v) is 4.03. The maximum absolute atomic E-state index is 11.9. The average Bonchev–Trinajstić information content (AvgIpc) is 2.40. The molecule has 0 atom stereocenters. The molecule has 0 radical (unpaired) electrons. The Bertz CT molecular complexity index is 783. The lowest BCUT2D eigenvalue weighted by molar-refractivity contribution is 0.655. The van der Waals surface area contributed by atoms with E-state index in [9.17, 15) is 9.59 Å². The number of aromatic nitrogens is 2. The molecular weight excluding hydrogens is 334 g/mol. The third-order valence-electron chi connectivity index (χ3n) is 3.57. The summed E-state index contributed by atoms with van der Waals surface area (Å²) in [6.07, 6.45) is 0. The monoisotopic (exact) mass is 351 g/mol. The van der Waals surface area contributed by atoms with Crippen molar-refractivity contribution in [2.24, 2.45) is 14.1 Å². The number of anilines is 1. The highest BCUT2D eigenvalue weighted by Crippen LogP contribution is 2.25. The summed E-state index contributed by atoms with van der Waals surface area (Å²) in [5, 5.41) is 3.31. The molecule has 0 amide bonds. The van der Waals surface area contributed by atoms with Crippen molar-refractivity contribution in [3.8, 4) is 0 Å². The molecule has 2 aromatic rings. The predicted molar refractivity (Wildman–Crippen MR) is 87.9 cm³/mol. The first-order chi connectivity index (χ1) is 9.81. The minimum Gasteiger partial charge on any atom is -0.379 e. The summed E-state index contributed by atoms with van der Waals surface area (Å²) in [7, 11) is 3.14. The van der Waals surface area contributed by atoms with Crippen LogP contribution in [-0.4, -0.2) is 9.13 Å². The predicted octanol–water partition coefficient (Wildman–Crippen LogP) is 2.08. The van der Waals surface area contributed by atoms with Crippen molar-refractivity contribution in [2.45, 2.75) is 20.4 Å². The summed E-state index contributed by atoms with van der Waals surface area (Å²) in [5.74, 6) is 0. The number of nitrogens with zero attached hydrogens (tertiary/aromatic N) is 2. The summed E-state index contributed by atoms with van der Waals surface area (Å²) >= 11 is 3.46. The molecule has 0 fully saturated rings. The van der Waals surface area contributed by atoms with Gasteiger partial charge < -0.3 is 5.32 Å². The van der Waals surface area contributed by atoms with E-state index < -0.39 is 0 Å². The van der Waals surface area contributed by atoms with Crippen LogP contribution in [0.5, 0.6) is 0 Å². The van der Waals surface area contributed by atoms with Crippen LogP contribution in [0.25, 0.3) is 0 Å². The first-order valence-electron chi connectivity index (χ1n) is 6.58. The number of rotatable bonds is 3. The van der Waals surface area contributed by atoms with Crippen LogP contribution in [-0.2, 0) is 20.6 Å². The Morgan fingerprint density at radius 1 is 1.05 bits per heavy atom. The molecule has 0 saturated heterocycles. The quantitative estimate of drug-likeness (QED) is 0.920. The van der Waals surface area contributed by atoms with E-state index >= 15 is 0 Å². The number of nitrogens with one attached hydrogen (secondary N) is 1. The van der Waals surface area contributed by atoms with Gasteiger partial charge >= 0.3 is 5.69 Å². The Morgan fingerprint density at radius 3 is 2.19 bits per heavy atom. The molecule has 1 N–H and O–H groups in total. The molecule has 5 nitrogen and oxygen atoms in total. The van der Waals surface area contributed by atoms with Gasteiger partial charge in [0.2, 0.25) is 0 Å². The number of benzene rings is 1. The fraction of sp³-hybridized carbons (Fsp3) is 0.333. The highest BCUT2D eigenvalue weighted by atomic mass is 79.9. The van der Waals surface area contributed by atoms with Crippen molar-refractivity contribution in [3.63, 3.8) is 0 Å². The zero-order valence-corrected chi connectivity index (χ0v) is 14.1. The molecule has 0 aliphatic heterocycles. The molecule has 2 rings (SSSR count). The van der Waals surface area contributed by atoms with Crippen molar-refractivity contribution in [1.82, 2.24) is 9.13 Å². The molecule has 112 valence electrons. The van der Waals surface area contributed by atoms with Gasteiger partial charge in [0.25, 0.3) is 5.56 Å². The van der Waals surface area contributed by atoms with Crippen LogP contribution in [0.3, 0.4) is 0 Å². The molecular formula is C15H18BrN3O2. The maximum Gasteiger partial charge on any atom is 0.330 e. The van der Waals surface area contributed by atoms with Crippen LogP contribution in [0.15, 0.2) is 32.3 Å². The third kappa shape index (κ3) is 3.10. The molecule has 1 aromatic heterocycles. The largest absolute Gasteiger partial charge is 0.379 e. The Hall–Kier alpha value is -1.82. The number of halogens is 1. The lowest BCUT2D eigenvalue weighted by Crippen LogP contribution is -2.38. The molecule has 0 unspecified atom stereocenters. The van der Waals surface area contributed by atoms with Gasteiger partial charge in [-0.15, -0.1) is 0 Å². The van der Waals surface area contributed by atoms with Crippen LogP contribution in [0, 0.1) is 13.8 Å². The summed E-state index contributed by atoms with van der Waals surface area (Å²) in [5.41, 5.74) is 3.28. The van der Waals surface area contributed by atoms with E-state index in [0.29, 0.717) is 12.2 Å². The minimum atomic E-state index is -0.316. The number of aryl methyl sites for hydroxylation is 2. The lowest BCUT2D eigenvalue weighted by Gasteiger charge is -2.15. The lowest BCUT2D eigenvalue weighted by atomic mass is 10.1. The standard InChI is InChI=1S/C15H18BrN3O2/c1-9-5-11(16)6-10(2)14(9)17-8-12-7-13(20)19(4)15(21)18(12)3/h5-7,17H,8H2,1-4H3. The normalized spacial score (nSPS) is 10.7. The summed E-state index contributed by atoms with van der Waals surface area (Å²) < 4.78 is 3.61. The van der Waals surface area contributed by atoms with Gasteiger partial charge in [-0.05, 0) is 37.1 Å². The Kier molecular flexibility index (Phi) is 4.37. The fourth-order valence-corrected chi connectivity index (χ4v) is 3.00. The molecule has 21 heavy (non-hydrogen) atoms. The van der Waals surface area contributed by atoms with Crippen molar-refractivity contribution in [2.75, 3.05) is 5.32 Å². The topological polar surface area (TPSA) is 56.0 Å². The molecule has 1 heterocycles. The molecule has 0 aliphatic carbocycles. The first kappa shape index (κ1) is 15.6. The molecule has 1 aromatic carbocycles. The zero-order chi connectivity index (χ0) is 15.7. The van der Waals surface area contributed by atoms with Crippen LogP contribution >= 0.6 is 15.9 Å². The van der Waals surface area contributed by atoms with Gasteiger partial charge in [0, 0.05) is 36.0 Å². The van der Waals surface area contributed by atoms with Crippen molar-refractivity contribution in [3.05, 3.63) is 60.3 Å². The second kappa shape index (κ2) is 5.89. The second-order valence-electron chi connectivity index (χ2n) is 5.14. The van der Waals surface area contributed by atoms with E-state index in [1.165, 1.54) is 17.7 Å². The van der Waals surface area contributed by atoms with Crippen LogP contribution in [0.2, 0.25) is 0 Å². The number of hydrogen-bond donors (Lipinski definition) is 1. The summed E-state index contributed by atoms with van der Waals surface area (Å²) in [4.78, 5) is 23.6. The smallest absolute Gasteiger partial charge is 0.330 e. The van der Waals surface area contributed by atoms with E-state index in [1.54, 1.807) is 7.05 Å². The Morgan fingerprint density at radius 2 is 1.62 bits per heavy atom. The van der Waals surface area contributed by atoms with E-state index in [4.69, 9.17) is 0 Å². The van der Waals surface area contributed by atoms with Crippen LogP contribution < -0.4 is 16.6 Å². The van der Waals surface area contributed by atoms with Crippen LogP contribution in [0.1, 0.15) is 16.8 Å². The van der Waals surface area contributed by atoms with Gasteiger partial charge in [-0.1, -0.05) is 15.9 Å². The molecule has 0 aliphatic rings. The van der Waals surface area contributed by atoms with Crippen molar-refractivity contribution < 1.29 is 0 Å². The average molecular weight is 352 g/mol. The SMILES string of the molecule is Cc1cc(Br)cc(C)c1NCc1cc(=O)n(C)c(=O)n1C. The minimum absolute atomic E-state index is 0.292.